The van der Waals surface area contributed by atoms with Crippen molar-refractivity contribution in [2.24, 2.45) is 34.5 Å². The summed E-state index contributed by atoms with van der Waals surface area (Å²) in [4.78, 5) is 11.8. The smallest absolute Gasteiger partial charge is 0.178 e. The average Bonchev–Trinajstić information content (AvgIpc) is 2.71. The van der Waals surface area contributed by atoms with E-state index in [1.54, 1.807) is 12.2 Å². The van der Waals surface area contributed by atoms with Gasteiger partial charge in [-0.25, -0.2) is 0 Å². The van der Waals surface area contributed by atoms with E-state index in [1.165, 1.54) is 5.57 Å². The van der Waals surface area contributed by atoms with Crippen molar-refractivity contribution in [1.29, 1.82) is 0 Å². The predicted octanol–water partition coefficient (Wildman–Crippen LogP) is 2.87. The molecule has 0 spiro atoms. The van der Waals surface area contributed by atoms with Crippen molar-refractivity contribution in [3.63, 3.8) is 0 Å². The molecule has 2 N–H and O–H groups in total. The van der Waals surface area contributed by atoms with Crippen LogP contribution >= 0.6 is 0 Å². The average molecular weight is 316 g/mol. The maximum atomic E-state index is 11.8. The third kappa shape index (κ3) is 1.93. The summed E-state index contributed by atoms with van der Waals surface area (Å²) in [7, 11) is 0. The van der Waals surface area contributed by atoms with Crippen LogP contribution in [0.25, 0.3) is 0 Å². The van der Waals surface area contributed by atoms with Crippen LogP contribution in [0.2, 0.25) is 0 Å². The molecule has 0 unspecified atom stereocenters. The van der Waals surface area contributed by atoms with E-state index in [4.69, 9.17) is 0 Å². The van der Waals surface area contributed by atoms with Gasteiger partial charge >= 0.3 is 0 Å². The first-order valence-corrected chi connectivity index (χ1v) is 9.08. The highest BCUT2D eigenvalue weighted by Gasteiger charge is 2.62. The van der Waals surface area contributed by atoms with E-state index in [2.05, 4.69) is 20.8 Å². The minimum absolute atomic E-state index is 0.0796. The Morgan fingerprint density at radius 3 is 2.74 bits per heavy atom. The van der Waals surface area contributed by atoms with Crippen LogP contribution in [0.4, 0.5) is 0 Å². The highest BCUT2D eigenvalue weighted by molar-refractivity contribution is 6.01. The molecule has 23 heavy (non-hydrogen) atoms. The van der Waals surface area contributed by atoms with Crippen molar-refractivity contribution in [2.45, 2.75) is 58.7 Å². The van der Waals surface area contributed by atoms with Gasteiger partial charge in [0.2, 0.25) is 0 Å². The lowest BCUT2D eigenvalue weighted by Gasteiger charge is -2.58. The van der Waals surface area contributed by atoms with E-state index in [9.17, 15) is 15.0 Å². The number of rotatable bonds is 0. The zero-order valence-electron chi connectivity index (χ0n) is 14.3. The maximum absolute atomic E-state index is 11.8. The second kappa shape index (κ2) is 4.80. The van der Waals surface area contributed by atoms with E-state index < -0.39 is 6.10 Å². The van der Waals surface area contributed by atoms with Crippen molar-refractivity contribution < 1.29 is 15.0 Å². The molecule has 0 aromatic rings. The summed E-state index contributed by atoms with van der Waals surface area (Å²) in [6.07, 6.45) is 8.51. The van der Waals surface area contributed by atoms with Gasteiger partial charge in [-0.1, -0.05) is 32.4 Å². The predicted molar refractivity (Wildman–Crippen MR) is 88.6 cm³/mol. The number of carbonyl (C=O) groups is 1. The number of fused-ring (bicyclic) bond motifs is 5. The molecule has 126 valence electrons. The second-order valence-electron chi connectivity index (χ2n) is 8.96. The molecule has 0 saturated heterocycles. The van der Waals surface area contributed by atoms with Crippen LogP contribution < -0.4 is 0 Å². The largest absolute Gasteiger partial charge is 0.393 e. The molecule has 0 amide bonds. The van der Waals surface area contributed by atoms with Crippen LogP contribution in [0, 0.1) is 34.5 Å². The van der Waals surface area contributed by atoms with Crippen molar-refractivity contribution in [3.05, 3.63) is 23.8 Å². The van der Waals surface area contributed by atoms with Gasteiger partial charge in [0.1, 0.15) is 0 Å². The number of aliphatic hydroxyl groups excluding tert-OH is 2. The highest BCUT2D eigenvalue weighted by Crippen LogP contribution is 2.65. The first-order valence-electron chi connectivity index (χ1n) is 9.08. The Kier molecular flexibility index (Phi) is 3.25. The lowest BCUT2D eigenvalue weighted by molar-refractivity contribution is -0.131. The van der Waals surface area contributed by atoms with Crippen molar-refractivity contribution in [2.75, 3.05) is 0 Å². The van der Waals surface area contributed by atoms with Crippen molar-refractivity contribution in [1.82, 2.24) is 0 Å². The van der Waals surface area contributed by atoms with Gasteiger partial charge in [0.25, 0.3) is 0 Å². The number of hydrogen-bond donors (Lipinski definition) is 2. The number of aliphatic hydroxyl groups is 2. The van der Waals surface area contributed by atoms with Crippen LogP contribution in [0.15, 0.2) is 23.8 Å². The molecule has 4 rings (SSSR count). The zero-order chi connectivity index (χ0) is 16.6. The summed E-state index contributed by atoms with van der Waals surface area (Å²) < 4.78 is 0. The van der Waals surface area contributed by atoms with Gasteiger partial charge in [0, 0.05) is 11.3 Å². The lowest BCUT2D eigenvalue weighted by atomic mass is 9.47. The Morgan fingerprint density at radius 2 is 2.00 bits per heavy atom. The molecule has 8 atom stereocenters. The quantitative estimate of drug-likeness (QED) is 0.722. The molecule has 0 heterocycles. The highest BCUT2D eigenvalue weighted by atomic mass is 16.3. The van der Waals surface area contributed by atoms with Crippen LogP contribution in [0.1, 0.15) is 46.5 Å². The monoisotopic (exact) mass is 316 g/mol. The minimum atomic E-state index is -0.409. The third-order valence-electron chi connectivity index (χ3n) is 7.77. The van der Waals surface area contributed by atoms with Gasteiger partial charge in [-0.2, -0.15) is 0 Å². The fraction of sp³-hybridized carbons (Fsp3) is 0.750. The summed E-state index contributed by atoms with van der Waals surface area (Å²) >= 11 is 0. The van der Waals surface area contributed by atoms with Crippen molar-refractivity contribution >= 4 is 5.78 Å². The number of carbonyl (C=O) groups excluding carboxylic acids is 1. The van der Waals surface area contributed by atoms with Gasteiger partial charge in [0.05, 0.1) is 12.2 Å². The normalized spacial score (nSPS) is 55.0. The Balaban J connectivity index is 1.76. The topological polar surface area (TPSA) is 57.5 Å². The fourth-order valence-corrected chi connectivity index (χ4v) is 6.67. The first-order chi connectivity index (χ1) is 10.8. The first kappa shape index (κ1) is 15.6. The zero-order valence-corrected chi connectivity index (χ0v) is 14.3. The molecule has 0 bridgehead atoms. The third-order valence-corrected chi connectivity index (χ3v) is 7.77. The summed E-state index contributed by atoms with van der Waals surface area (Å²) in [6, 6.07) is 0. The molecular weight excluding hydrogens is 288 g/mol. The summed E-state index contributed by atoms with van der Waals surface area (Å²) in [5, 5.41) is 21.7. The number of allylic oxidation sites excluding steroid dienone is 4. The Labute approximate surface area is 138 Å². The van der Waals surface area contributed by atoms with Crippen LogP contribution in [-0.2, 0) is 4.79 Å². The fourth-order valence-electron chi connectivity index (χ4n) is 6.67. The van der Waals surface area contributed by atoms with E-state index in [1.807, 2.05) is 6.08 Å². The SMILES string of the molecule is C[C@@H]1C[C@H]2[C@@H]3CCC4=CC(=O)C=C[C@]4(C)[C@H]3[C@@H](O)C[C@]2(C)[C@@H]1O. The van der Waals surface area contributed by atoms with Crippen molar-refractivity contribution in [3.8, 4) is 0 Å². The van der Waals surface area contributed by atoms with E-state index >= 15 is 0 Å². The maximum Gasteiger partial charge on any atom is 0.178 e. The molecule has 0 aromatic carbocycles. The molecule has 3 fully saturated rings. The standard InChI is InChI=1S/C20H28O3/c1-11-8-15-14-5-4-12-9-13(21)6-7-19(12,2)17(14)16(22)10-20(15,3)18(11)23/h6-7,9,11,14-18,22-23H,4-5,8,10H2,1-3H3/t11-,14+,15+,16+,17-,18-,19+,20+/m1/s1. The molecular formula is C20H28O3. The summed E-state index contributed by atoms with van der Waals surface area (Å²) in [5.74, 6) is 1.47. The van der Waals surface area contributed by atoms with Gasteiger partial charge in [-0.05, 0) is 61.0 Å². The Hall–Kier alpha value is -0.930. The van der Waals surface area contributed by atoms with Gasteiger partial charge in [-0.15, -0.1) is 0 Å². The second-order valence-corrected chi connectivity index (χ2v) is 8.96. The molecule has 3 saturated carbocycles. The molecule has 4 aliphatic rings. The molecule has 3 heteroatoms. The van der Waals surface area contributed by atoms with Crippen LogP contribution in [0.5, 0.6) is 0 Å². The summed E-state index contributed by atoms with van der Waals surface area (Å²) in [6.45, 7) is 6.52. The Morgan fingerprint density at radius 1 is 1.26 bits per heavy atom. The number of ketones is 1. The summed E-state index contributed by atoms with van der Waals surface area (Å²) in [5.41, 5.74) is 0.834. The molecule has 0 radical (unpaired) electrons. The lowest BCUT2D eigenvalue weighted by Crippen LogP contribution is -2.56. The van der Waals surface area contributed by atoms with Gasteiger partial charge in [-0.3, -0.25) is 4.79 Å². The van der Waals surface area contributed by atoms with E-state index in [-0.39, 0.29) is 28.6 Å². The van der Waals surface area contributed by atoms with Crippen LogP contribution in [0.3, 0.4) is 0 Å². The molecule has 4 aliphatic carbocycles. The Bertz CT molecular complexity index is 606. The number of hydrogen-bond acceptors (Lipinski definition) is 3. The van der Waals surface area contributed by atoms with Gasteiger partial charge in [0.15, 0.2) is 5.78 Å². The van der Waals surface area contributed by atoms with E-state index in [0.717, 1.165) is 19.3 Å². The van der Waals surface area contributed by atoms with E-state index in [0.29, 0.717) is 24.2 Å². The molecule has 0 aliphatic heterocycles. The molecule has 3 nitrogen and oxygen atoms in total. The van der Waals surface area contributed by atoms with Crippen LogP contribution in [-0.4, -0.2) is 28.2 Å². The minimum Gasteiger partial charge on any atom is -0.393 e. The van der Waals surface area contributed by atoms with Gasteiger partial charge < -0.3 is 10.2 Å². The molecule has 0 aromatic heterocycles.